The van der Waals surface area contributed by atoms with Crippen molar-refractivity contribution in [2.45, 2.75) is 71.6 Å². The van der Waals surface area contributed by atoms with Gasteiger partial charge in [0.25, 0.3) is 0 Å². The minimum atomic E-state index is -4.39. The van der Waals surface area contributed by atoms with Crippen molar-refractivity contribution in [1.82, 2.24) is 5.06 Å². The van der Waals surface area contributed by atoms with E-state index < -0.39 is 17.7 Å². The van der Waals surface area contributed by atoms with E-state index in [0.717, 1.165) is 36.3 Å². The number of benzene rings is 2. The first-order valence-electron chi connectivity index (χ1n) is 12.2. The maximum Gasteiger partial charge on any atom is 0.416 e. The largest absolute Gasteiger partial charge is 0.494 e. The summed E-state index contributed by atoms with van der Waals surface area (Å²) in [7, 11) is 0. The van der Waals surface area contributed by atoms with Gasteiger partial charge in [-0.05, 0) is 48.7 Å². The number of halogens is 3. The van der Waals surface area contributed by atoms with Crippen LogP contribution in [-0.2, 0) is 33.6 Å². The summed E-state index contributed by atoms with van der Waals surface area (Å²) in [6, 6.07) is 12.5. The number of ether oxygens (including phenoxy) is 2. The monoisotopic (exact) mass is 495 g/mol. The van der Waals surface area contributed by atoms with E-state index in [1.54, 1.807) is 6.92 Å². The molecule has 0 amide bonds. The molecule has 0 saturated carbocycles. The quantitative estimate of drug-likeness (QED) is 0.143. The van der Waals surface area contributed by atoms with Crippen LogP contribution in [0.15, 0.2) is 48.5 Å². The molecule has 2 aromatic rings. The van der Waals surface area contributed by atoms with Crippen LogP contribution < -0.4 is 4.74 Å². The van der Waals surface area contributed by atoms with Gasteiger partial charge in [0.1, 0.15) is 5.75 Å². The van der Waals surface area contributed by atoms with Gasteiger partial charge in [-0.2, -0.15) is 18.2 Å². The van der Waals surface area contributed by atoms with Crippen LogP contribution in [0, 0.1) is 0 Å². The van der Waals surface area contributed by atoms with Crippen LogP contribution in [0.4, 0.5) is 13.2 Å². The number of unbranched alkanes of at least 4 members (excludes halogenated alkanes) is 5. The summed E-state index contributed by atoms with van der Waals surface area (Å²) in [5.74, 6) is 0.271. The van der Waals surface area contributed by atoms with Gasteiger partial charge in [-0.15, -0.1) is 0 Å². The van der Waals surface area contributed by atoms with Crippen molar-refractivity contribution in [2.75, 3.05) is 19.8 Å². The topological polar surface area (TPSA) is 48.0 Å². The van der Waals surface area contributed by atoms with Crippen molar-refractivity contribution in [1.29, 1.82) is 0 Å². The summed E-state index contributed by atoms with van der Waals surface area (Å²) in [6.45, 7) is 5.07. The molecule has 0 aliphatic heterocycles. The van der Waals surface area contributed by atoms with Gasteiger partial charge >= 0.3 is 12.1 Å². The van der Waals surface area contributed by atoms with Crippen molar-refractivity contribution < 1.29 is 32.3 Å². The number of carbonyl (C=O) groups is 1. The van der Waals surface area contributed by atoms with E-state index in [0.29, 0.717) is 18.7 Å². The molecule has 0 radical (unpaired) electrons. The summed E-state index contributed by atoms with van der Waals surface area (Å²) in [5, 5.41) is 1.53. The van der Waals surface area contributed by atoms with Crippen LogP contribution in [-0.4, -0.2) is 30.9 Å². The second kappa shape index (κ2) is 15.4. The zero-order valence-electron chi connectivity index (χ0n) is 20.6. The minimum Gasteiger partial charge on any atom is -0.494 e. The predicted octanol–water partition coefficient (Wildman–Crippen LogP) is 6.94. The van der Waals surface area contributed by atoms with E-state index in [-0.39, 0.29) is 19.8 Å². The summed E-state index contributed by atoms with van der Waals surface area (Å²) in [6.07, 6.45) is 2.81. The lowest BCUT2D eigenvalue weighted by Gasteiger charge is -2.22. The van der Waals surface area contributed by atoms with Crippen LogP contribution in [0.5, 0.6) is 5.75 Å². The number of esters is 1. The molecule has 0 fully saturated rings. The Morgan fingerprint density at radius 3 is 1.97 bits per heavy atom. The summed E-state index contributed by atoms with van der Waals surface area (Å²) >= 11 is 0. The smallest absolute Gasteiger partial charge is 0.416 e. The Morgan fingerprint density at radius 2 is 1.40 bits per heavy atom. The highest BCUT2D eigenvalue weighted by atomic mass is 19.4. The first-order chi connectivity index (χ1) is 16.8. The second-order valence-electron chi connectivity index (χ2n) is 8.33. The number of alkyl halides is 3. The normalized spacial score (nSPS) is 11.6. The van der Waals surface area contributed by atoms with Crippen molar-refractivity contribution in [3.8, 4) is 5.75 Å². The van der Waals surface area contributed by atoms with E-state index in [4.69, 9.17) is 14.3 Å². The van der Waals surface area contributed by atoms with E-state index in [9.17, 15) is 18.0 Å². The lowest BCUT2D eigenvalue weighted by Crippen LogP contribution is -2.27. The Labute approximate surface area is 206 Å². The highest BCUT2D eigenvalue weighted by molar-refractivity contribution is 5.70. The van der Waals surface area contributed by atoms with Crippen LogP contribution in [0.25, 0.3) is 0 Å². The molecular weight excluding hydrogens is 459 g/mol. The molecule has 0 unspecified atom stereocenters. The third-order valence-electron chi connectivity index (χ3n) is 5.36. The Bertz CT molecular complexity index is 854. The lowest BCUT2D eigenvalue weighted by molar-refractivity contribution is -0.193. The van der Waals surface area contributed by atoms with Crippen molar-refractivity contribution in [3.63, 3.8) is 0 Å². The molecule has 2 rings (SSSR count). The molecule has 0 spiro atoms. The molecule has 194 valence electrons. The molecule has 0 saturated heterocycles. The fraction of sp³-hybridized carbons (Fsp3) is 0.519. The molecule has 0 aliphatic rings. The Hall–Kier alpha value is -2.58. The zero-order valence-corrected chi connectivity index (χ0v) is 20.6. The summed E-state index contributed by atoms with van der Waals surface area (Å²) in [4.78, 5) is 17.4. The fourth-order valence-electron chi connectivity index (χ4n) is 3.46. The van der Waals surface area contributed by atoms with Crippen LogP contribution >= 0.6 is 0 Å². The molecule has 0 bridgehead atoms. The third-order valence-corrected chi connectivity index (χ3v) is 5.36. The van der Waals surface area contributed by atoms with Crippen LogP contribution in [0.3, 0.4) is 0 Å². The predicted molar refractivity (Wildman–Crippen MR) is 129 cm³/mol. The Morgan fingerprint density at radius 1 is 0.829 bits per heavy atom. The molecule has 0 atom stereocenters. The van der Waals surface area contributed by atoms with Crippen molar-refractivity contribution >= 4 is 5.97 Å². The minimum absolute atomic E-state index is 0.202. The zero-order chi connectivity index (χ0) is 25.5. The van der Waals surface area contributed by atoms with Gasteiger partial charge in [-0.3, -0.25) is 4.84 Å². The number of hydroxylamine groups is 2. The van der Waals surface area contributed by atoms with Crippen LogP contribution in [0.1, 0.15) is 69.1 Å². The van der Waals surface area contributed by atoms with Gasteiger partial charge in [-0.1, -0.05) is 63.3 Å². The van der Waals surface area contributed by atoms with E-state index in [1.165, 1.54) is 42.9 Å². The summed E-state index contributed by atoms with van der Waals surface area (Å²) in [5.41, 5.74) is 0.824. The maximum absolute atomic E-state index is 12.8. The third kappa shape index (κ3) is 11.6. The number of hydrogen-bond acceptors (Lipinski definition) is 5. The van der Waals surface area contributed by atoms with E-state index in [2.05, 4.69) is 6.92 Å². The number of rotatable bonds is 16. The van der Waals surface area contributed by atoms with Gasteiger partial charge < -0.3 is 9.47 Å². The average Bonchev–Trinajstić information content (AvgIpc) is 2.83. The van der Waals surface area contributed by atoms with Gasteiger partial charge in [0.2, 0.25) is 0 Å². The Balaban J connectivity index is 1.92. The number of nitrogens with zero attached hydrogens (tertiary/aromatic N) is 1. The van der Waals surface area contributed by atoms with Crippen molar-refractivity contribution in [3.05, 3.63) is 65.2 Å². The molecule has 0 aliphatic carbocycles. The standard InChI is InChI=1S/C27H36F3NO4/c1-3-5-6-7-8-9-18-34-25-16-12-23(13-17-25)20-31(35-21-26(32)33-4-2)19-22-10-14-24(15-11-22)27(28,29)30/h10-17H,3-9,18-21H2,1-2H3. The molecule has 0 aromatic heterocycles. The van der Waals surface area contributed by atoms with Gasteiger partial charge in [0, 0.05) is 13.1 Å². The van der Waals surface area contributed by atoms with Gasteiger partial charge in [-0.25, -0.2) is 4.79 Å². The molecule has 8 heteroatoms. The first-order valence-corrected chi connectivity index (χ1v) is 12.2. The molecule has 0 N–H and O–H groups in total. The lowest BCUT2D eigenvalue weighted by atomic mass is 10.1. The summed E-state index contributed by atoms with van der Waals surface area (Å²) < 4.78 is 49.3. The first kappa shape index (κ1) is 28.7. The number of hydrogen-bond donors (Lipinski definition) is 0. The molecule has 2 aromatic carbocycles. The average molecular weight is 496 g/mol. The molecule has 0 heterocycles. The van der Waals surface area contributed by atoms with Crippen molar-refractivity contribution in [2.24, 2.45) is 0 Å². The highest BCUT2D eigenvalue weighted by Crippen LogP contribution is 2.29. The SMILES string of the molecule is CCCCCCCCOc1ccc(CN(Cc2ccc(C(F)(F)F)cc2)OCC(=O)OCC)cc1. The van der Waals surface area contributed by atoms with Gasteiger partial charge in [0.15, 0.2) is 6.61 Å². The highest BCUT2D eigenvalue weighted by Gasteiger charge is 2.30. The second-order valence-corrected chi connectivity index (χ2v) is 8.33. The fourth-order valence-corrected chi connectivity index (χ4v) is 3.46. The van der Waals surface area contributed by atoms with Crippen LogP contribution in [0.2, 0.25) is 0 Å². The number of carbonyl (C=O) groups excluding carboxylic acids is 1. The van der Waals surface area contributed by atoms with E-state index >= 15 is 0 Å². The van der Waals surface area contributed by atoms with E-state index in [1.807, 2.05) is 24.3 Å². The molecule has 5 nitrogen and oxygen atoms in total. The molecule has 35 heavy (non-hydrogen) atoms. The Kier molecular flexibility index (Phi) is 12.6. The van der Waals surface area contributed by atoms with Gasteiger partial charge in [0.05, 0.1) is 18.8 Å². The maximum atomic E-state index is 12.8. The molecular formula is C27H36F3NO4.